The summed E-state index contributed by atoms with van der Waals surface area (Å²) >= 11 is 1.63. The van der Waals surface area contributed by atoms with E-state index in [-0.39, 0.29) is 17.3 Å². The number of carbonyl (C=O) groups is 1. The van der Waals surface area contributed by atoms with Crippen molar-refractivity contribution in [3.8, 4) is 10.6 Å². The van der Waals surface area contributed by atoms with Crippen molar-refractivity contribution in [1.29, 1.82) is 0 Å². The predicted molar refractivity (Wildman–Crippen MR) is 117 cm³/mol. The molecule has 1 N–H and O–H groups in total. The van der Waals surface area contributed by atoms with E-state index >= 15 is 0 Å². The predicted octanol–water partition coefficient (Wildman–Crippen LogP) is 4.88. The lowest BCUT2D eigenvalue weighted by Crippen LogP contribution is -2.24. The van der Waals surface area contributed by atoms with Crippen molar-refractivity contribution >= 4 is 38.8 Å². The normalized spacial score (nSPS) is 12.1. The van der Waals surface area contributed by atoms with Gasteiger partial charge in [-0.25, -0.2) is 4.98 Å². The van der Waals surface area contributed by atoms with Crippen LogP contribution in [0.4, 0.5) is 11.4 Å². The van der Waals surface area contributed by atoms with Gasteiger partial charge in [-0.1, -0.05) is 6.07 Å². The second-order valence-corrected chi connectivity index (χ2v) is 8.10. The largest absolute Gasteiger partial charge is 0.324 e. The first-order valence-electron chi connectivity index (χ1n) is 9.30. The van der Waals surface area contributed by atoms with Gasteiger partial charge in [0.25, 0.3) is 0 Å². The Morgan fingerprint density at radius 1 is 1.20 bits per heavy atom. The van der Waals surface area contributed by atoms with E-state index in [2.05, 4.69) is 28.4 Å². The second-order valence-electron chi connectivity index (χ2n) is 7.07. The van der Waals surface area contributed by atoms with Crippen LogP contribution in [0.25, 0.3) is 20.8 Å². The summed E-state index contributed by atoms with van der Waals surface area (Å²) in [5.74, 6) is -0.310. The molecular formula is C21H19N5O3S. The number of nitro groups is 1. The van der Waals surface area contributed by atoms with E-state index in [1.807, 2.05) is 36.4 Å². The number of nitrogens with one attached hydrogen (secondary N) is 1. The van der Waals surface area contributed by atoms with Crippen LogP contribution in [-0.2, 0) is 4.79 Å². The van der Waals surface area contributed by atoms with Crippen molar-refractivity contribution in [2.24, 2.45) is 0 Å². The maximum atomic E-state index is 12.6. The van der Waals surface area contributed by atoms with Crippen LogP contribution in [0.3, 0.4) is 0 Å². The number of benzene rings is 2. The highest BCUT2D eigenvalue weighted by Crippen LogP contribution is 2.31. The molecule has 0 radical (unpaired) electrons. The van der Waals surface area contributed by atoms with Crippen LogP contribution in [0.1, 0.15) is 24.2 Å². The van der Waals surface area contributed by atoms with Crippen LogP contribution in [0.2, 0.25) is 0 Å². The van der Waals surface area contributed by atoms with Gasteiger partial charge in [0.15, 0.2) is 0 Å². The summed E-state index contributed by atoms with van der Waals surface area (Å²) in [5.41, 5.74) is 3.93. The summed E-state index contributed by atoms with van der Waals surface area (Å²) < 4.78 is 2.44. The number of nitrogens with zero attached hydrogens (tertiary/aromatic N) is 4. The van der Waals surface area contributed by atoms with E-state index in [4.69, 9.17) is 0 Å². The molecule has 0 fully saturated rings. The first kappa shape index (κ1) is 19.7. The molecule has 0 spiro atoms. The summed E-state index contributed by atoms with van der Waals surface area (Å²) in [5, 5.41) is 18.8. The van der Waals surface area contributed by atoms with Gasteiger partial charge in [0.1, 0.15) is 22.9 Å². The Balaban J connectivity index is 1.49. The lowest BCUT2D eigenvalue weighted by molar-refractivity contribution is -0.385. The lowest BCUT2D eigenvalue weighted by atomic mass is 10.2. The van der Waals surface area contributed by atoms with E-state index in [9.17, 15) is 14.9 Å². The minimum atomic E-state index is -0.690. The Labute approximate surface area is 176 Å². The highest BCUT2D eigenvalue weighted by molar-refractivity contribution is 7.21. The fraction of sp³-hybridized carbons (Fsp3) is 0.190. The SMILES string of the molecule is Cc1ccc2nc(-c3ccc(NC(=O)C(C)n4cc([N+](=O)[O-])c(C)n4)cc3)sc2c1. The van der Waals surface area contributed by atoms with Crippen LogP contribution in [0, 0.1) is 24.0 Å². The molecule has 1 atom stereocenters. The number of amides is 1. The number of anilines is 1. The Hall–Kier alpha value is -3.59. The average Bonchev–Trinajstić information content (AvgIpc) is 3.31. The van der Waals surface area contributed by atoms with Crippen LogP contribution < -0.4 is 5.32 Å². The van der Waals surface area contributed by atoms with E-state index < -0.39 is 11.0 Å². The Morgan fingerprint density at radius 2 is 1.93 bits per heavy atom. The van der Waals surface area contributed by atoms with Gasteiger partial charge in [-0.2, -0.15) is 5.10 Å². The molecule has 0 aliphatic rings. The minimum absolute atomic E-state index is 0.106. The Morgan fingerprint density at radius 3 is 2.60 bits per heavy atom. The molecule has 0 saturated heterocycles. The molecule has 1 unspecified atom stereocenters. The molecule has 0 aliphatic heterocycles. The second kappa shape index (κ2) is 7.68. The highest BCUT2D eigenvalue weighted by atomic mass is 32.1. The summed E-state index contributed by atoms with van der Waals surface area (Å²) in [6.45, 7) is 5.24. The van der Waals surface area contributed by atoms with E-state index in [1.54, 1.807) is 25.2 Å². The highest BCUT2D eigenvalue weighted by Gasteiger charge is 2.22. The van der Waals surface area contributed by atoms with Gasteiger partial charge in [-0.3, -0.25) is 19.6 Å². The number of hydrogen-bond acceptors (Lipinski definition) is 6. The van der Waals surface area contributed by atoms with Crippen molar-refractivity contribution in [3.63, 3.8) is 0 Å². The molecular weight excluding hydrogens is 402 g/mol. The third-order valence-corrected chi connectivity index (χ3v) is 5.87. The summed E-state index contributed by atoms with van der Waals surface area (Å²) in [4.78, 5) is 27.7. The number of thiazole rings is 1. The van der Waals surface area contributed by atoms with Crippen molar-refractivity contribution in [2.45, 2.75) is 26.8 Å². The molecule has 2 aromatic carbocycles. The third kappa shape index (κ3) is 3.79. The van der Waals surface area contributed by atoms with E-state index in [1.165, 1.54) is 16.4 Å². The van der Waals surface area contributed by atoms with E-state index in [0.29, 0.717) is 5.69 Å². The fourth-order valence-electron chi connectivity index (χ4n) is 3.07. The average molecular weight is 421 g/mol. The Bertz CT molecular complexity index is 1260. The summed E-state index contributed by atoms with van der Waals surface area (Å²) in [7, 11) is 0. The zero-order valence-corrected chi connectivity index (χ0v) is 17.4. The van der Waals surface area contributed by atoms with Crippen molar-refractivity contribution in [1.82, 2.24) is 14.8 Å². The van der Waals surface area contributed by atoms with Gasteiger partial charge in [0.2, 0.25) is 5.91 Å². The van der Waals surface area contributed by atoms with Gasteiger partial charge < -0.3 is 5.32 Å². The number of aromatic nitrogens is 3. The van der Waals surface area contributed by atoms with Gasteiger partial charge in [-0.15, -0.1) is 11.3 Å². The van der Waals surface area contributed by atoms with Gasteiger partial charge >= 0.3 is 5.69 Å². The number of fused-ring (bicyclic) bond motifs is 1. The first-order chi connectivity index (χ1) is 14.3. The zero-order chi connectivity index (χ0) is 21.4. The molecule has 4 rings (SSSR count). The van der Waals surface area contributed by atoms with Gasteiger partial charge in [-0.05, 0) is 62.7 Å². The van der Waals surface area contributed by atoms with Crippen molar-refractivity contribution in [2.75, 3.05) is 5.32 Å². The van der Waals surface area contributed by atoms with Crippen molar-refractivity contribution < 1.29 is 9.72 Å². The molecule has 0 bridgehead atoms. The standard InChI is InChI=1S/C21H19N5O3S/c1-12-4-9-17-19(10-12)30-21(23-17)15-5-7-16(8-6-15)22-20(27)14(3)25-11-18(26(28)29)13(2)24-25/h4-11,14H,1-3H3,(H,22,27). The number of aryl methyl sites for hydroxylation is 2. The molecule has 152 valence electrons. The molecule has 2 aromatic heterocycles. The molecule has 8 nitrogen and oxygen atoms in total. The molecule has 2 heterocycles. The minimum Gasteiger partial charge on any atom is -0.324 e. The smallest absolute Gasteiger partial charge is 0.309 e. The molecule has 4 aromatic rings. The summed E-state index contributed by atoms with van der Waals surface area (Å²) in [6.07, 6.45) is 1.28. The molecule has 0 saturated carbocycles. The molecule has 9 heteroatoms. The zero-order valence-electron chi connectivity index (χ0n) is 16.6. The fourth-order valence-corrected chi connectivity index (χ4v) is 4.14. The monoisotopic (exact) mass is 421 g/mol. The maximum Gasteiger partial charge on any atom is 0.309 e. The molecule has 0 aliphatic carbocycles. The van der Waals surface area contributed by atoms with Crippen LogP contribution in [0.5, 0.6) is 0 Å². The van der Waals surface area contributed by atoms with E-state index in [0.717, 1.165) is 20.8 Å². The number of rotatable bonds is 5. The van der Waals surface area contributed by atoms with Crippen LogP contribution >= 0.6 is 11.3 Å². The number of carbonyl (C=O) groups excluding carboxylic acids is 1. The third-order valence-electron chi connectivity index (χ3n) is 4.81. The molecule has 30 heavy (non-hydrogen) atoms. The van der Waals surface area contributed by atoms with Gasteiger partial charge in [0, 0.05) is 11.3 Å². The Kier molecular flexibility index (Phi) is 5.04. The first-order valence-corrected chi connectivity index (χ1v) is 10.1. The van der Waals surface area contributed by atoms with Crippen molar-refractivity contribution in [3.05, 3.63) is 70.0 Å². The quantitative estimate of drug-likeness (QED) is 0.365. The summed E-state index contributed by atoms with van der Waals surface area (Å²) in [6, 6.07) is 12.9. The lowest BCUT2D eigenvalue weighted by Gasteiger charge is -2.12. The van der Waals surface area contributed by atoms with Crippen LogP contribution in [-0.4, -0.2) is 25.6 Å². The van der Waals surface area contributed by atoms with Crippen LogP contribution in [0.15, 0.2) is 48.7 Å². The van der Waals surface area contributed by atoms with Gasteiger partial charge in [0.05, 0.1) is 15.1 Å². The number of hydrogen-bond donors (Lipinski definition) is 1. The topological polar surface area (TPSA) is 103 Å². The molecule has 1 amide bonds. The maximum absolute atomic E-state index is 12.6.